The molecule has 0 aromatic heterocycles. The number of carbonyl (C=O) groups excluding carboxylic acids is 4. The molecule has 43 heavy (non-hydrogen) atoms. The standard InChI is InChI=1S/C33H28FN3O6/c1-17-7-10-20(11-8-17)35-36-30(40)24-16-23-21(12-13-22-27(23)31(41)37(43)29(22)39)28(18-9-14-26(38)25(34)15-18)33(24,32(36)42)19-5-3-2-4-6-19/h2-12,14-15,22-24,27-28,35,38,43H,13,16H2,1H3. The Bertz CT molecular complexity index is 1720. The molecule has 6 unspecified atom stereocenters. The summed E-state index contributed by atoms with van der Waals surface area (Å²) in [6.07, 6.45) is 2.00. The zero-order chi connectivity index (χ0) is 30.2. The number of hydroxylamine groups is 2. The van der Waals surface area contributed by atoms with E-state index in [0.29, 0.717) is 22.4 Å². The van der Waals surface area contributed by atoms with Crippen LogP contribution in [0.25, 0.3) is 0 Å². The number of aryl methyl sites for hydroxylation is 1. The molecule has 218 valence electrons. The number of carbonyl (C=O) groups is 4. The number of nitrogens with zero attached hydrogens (tertiary/aromatic N) is 2. The fourth-order valence-corrected chi connectivity index (χ4v) is 7.81. The van der Waals surface area contributed by atoms with Crippen LogP contribution in [0.2, 0.25) is 0 Å². The van der Waals surface area contributed by atoms with Gasteiger partial charge in [-0.05, 0) is 61.1 Å². The number of amides is 4. The summed E-state index contributed by atoms with van der Waals surface area (Å²) in [6, 6.07) is 20.0. The molecule has 1 saturated carbocycles. The fraction of sp³-hybridized carbons (Fsp3) is 0.273. The quantitative estimate of drug-likeness (QED) is 0.239. The van der Waals surface area contributed by atoms with Crippen molar-refractivity contribution in [1.29, 1.82) is 0 Å². The van der Waals surface area contributed by atoms with Gasteiger partial charge in [0.2, 0.25) is 0 Å². The molecule has 2 aliphatic heterocycles. The number of aromatic hydroxyl groups is 1. The summed E-state index contributed by atoms with van der Waals surface area (Å²) < 4.78 is 15.0. The molecule has 3 aromatic carbocycles. The van der Waals surface area contributed by atoms with Crippen molar-refractivity contribution in [2.24, 2.45) is 23.7 Å². The number of rotatable bonds is 4. The number of hydrogen-bond acceptors (Lipinski definition) is 7. The second-order valence-electron chi connectivity index (χ2n) is 11.8. The molecule has 7 rings (SSSR count). The largest absolute Gasteiger partial charge is 0.505 e. The molecule has 2 saturated heterocycles. The second-order valence-corrected chi connectivity index (χ2v) is 11.8. The number of allylic oxidation sites excluding steroid dienone is 2. The third kappa shape index (κ3) is 3.72. The Labute approximate surface area is 246 Å². The number of hydrazine groups is 1. The van der Waals surface area contributed by atoms with Gasteiger partial charge in [-0.1, -0.05) is 65.7 Å². The van der Waals surface area contributed by atoms with Crippen LogP contribution in [0.4, 0.5) is 10.1 Å². The van der Waals surface area contributed by atoms with E-state index in [0.717, 1.165) is 16.6 Å². The number of imide groups is 2. The normalized spacial score (nSPS) is 29.7. The molecule has 10 heteroatoms. The van der Waals surface area contributed by atoms with E-state index >= 15 is 0 Å². The van der Waals surface area contributed by atoms with E-state index in [-0.39, 0.29) is 17.9 Å². The Morgan fingerprint density at radius 3 is 2.33 bits per heavy atom. The van der Waals surface area contributed by atoms with E-state index in [1.54, 1.807) is 48.5 Å². The van der Waals surface area contributed by atoms with Crippen molar-refractivity contribution in [3.8, 4) is 5.75 Å². The van der Waals surface area contributed by atoms with Gasteiger partial charge in [-0.15, -0.1) is 0 Å². The van der Waals surface area contributed by atoms with Crippen LogP contribution in [-0.2, 0) is 24.6 Å². The molecule has 0 radical (unpaired) electrons. The van der Waals surface area contributed by atoms with Crippen molar-refractivity contribution in [2.45, 2.75) is 31.1 Å². The fourth-order valence-electron chi connectivity index (χ4n) is 7.81. The molecule has 0 bridgehead atoms. The maximum Gasteiger partial charge on any atom is 0.260 e. The van der Waals surface area contributed by atoms with Gasteiger partial charge in [-0.3, -0.25) is 29.8 Å². The van der Waals surface area contributed by atoms with Crippen LogP contribution in [0.3, 0.4) is 0 Å². The third-order valence-corrected chi connectivity index (χ3v) is 9.67. The summed E-state index contributed by atoms with van der Waals surface area (Å²) in [5, 5.41) is 21.5. The summed E-state index contributed by atoms with van der Waals surface area (Å²) >= 11 is 0. The monoisotopic (exact) mass is 581 g/mol. The number of phenolic OH excluding ortho intramolecular Hbond substituents is 1. The van der Waals surface area contributed by atoms with E-state index < -0.39 is 70.2 Å². The lowest BCUT2D eigenvalue weighted by molar-refractivity contribution is -0.173. The lowest BCUT2D eigenvalue weighted by Gasteiger charge is -2.50. The van der Waals surface area contributed by atoms with Crippen molar-refractivity contribution in [1.82, 2.24) is 10.1 Å². The molecule has 4 amide bonds. The van der Waals surface area contributed by atoms with Gasteiger partial charge in [-0.25, -0.2) is 4.39 Å². The summed E-state index contributed by atoms with van der Waals surface area (Å²) in [5.74, 6) is -8.30. The highest BCUT2D eigenvalue weighted by Crippen LogP contribution is 2.64. The molecule has 2 aliphatic carbocycles. The molecular formula is C33H28FN3O6. The average Bonchev–Trinajstić information content (AvgIpc) is 3.36. The topological polar surface area (TPSA) is 127 Å². The maximum absolute atomic E-state index is 15.0. The highest BCUT2D eigenvalue weighted by atomic mass is 19.1. The van der Waals surface area contributed by atoms with Gasteiger partial charge < -0.3 is 5.11 Å². The first-order valence-electron chi connectivity index (χ1n) is 14.2. The molecular weight excluding hydrogens is 553 g/mol. The van der Waals surface area contributed by atoms with Crippen molar-refractivity contribution in [3.63, 3.8) is 0 Å². The maximum atomic E-state index is 15.0. The number of halogens is 1. The van der Waals surface area contributed by atoms with Crippen LogP contribution < -0.4 is 5.43 Å². The number of hydrogen-bond donors (Lipinski definition) is 3. The summed E-state index contributed by atoms with van der Waals surface area (Å²) in [7, 11) is 0. The molecule has 6 atom stereocenters. The van der Waals surface area contributed by atoms with Crippen LogP contribution in [0.5, 0.6) is 5.75 Å². The first-order valence-corrected chi connectivity index (χ1v) is 14.2. The van der Waals surface area contributed by atoms with E-state index in [4.69, 9.17) is 0 Å². The molecule has 9 nitrogen and oxygen atoms in total. The van der Waals surface area contributed by atoms with E-state index in [1.165, 1.54) is 12.1 Å². The lowest BCUT2D eigenvalue weighted by Crippen LogP contribution is -2.53. The van der Waals surface area contributed by atoms with Crippen LogP contribution in [0.15, 0.2) is 84.4 Å². The van der Waals surface area contributed by atoms with Crippen LogP contribution >= 0.6 is 0 Å². The Morgan fingerprint density at radius 2 is 1.63 bits per heavy atom. The van der Waals surface area contributed by atoms with Gasteiger partial charge in [-0.2, -0.15) is 10.1 Å². The molecule has 0 spiro atoms. The van der Waals surface area contributed by atoms with Gasteiger partial charge >= 0.3 is 0 Å². The second kappa shape index (κ2) is 9.60. The Balaban J connectivity index is 1.47. The van der Waals surface area contributed by atoms with Gasteiger partial charge in [0.1, 0.15) is 0 Å². The summed E-state index contributed by atoms with van der Waals surface area (Å²) in [4.78, 5) is 55.2. The molecule has 3 aromatic rings. The summed E-state index contributed by atoms with van der Waals surface area (Å²) in [5.41, 5.74) is 4.48. The van der Waals surface area contributed by atoms with Crippen molar-refractivity contribution < 1.29 is 33.9 Å². The van der Waals surface area contributed by atoms with Crippen LogP contribution in [-0.4, -0.2) is 44.0 Å². The average molecular weight is 582 g/mol. The van der Waals surface area contributed by atoms with Crippen LogP contribution in [0, 0.1) is 36.4 Å². The smallest absolute Gasteiger partial charge is 0.260 e. The minimum atomic E-state index is -1.54. The predicted octanol–water partition coefficient (Wildman–Crippen LogP) is 4.21. The van der Waals surface area contributed by atoms with Gasteiger partial charge in [0.25, 0.3) is 23.6 Å². The number of benzene rings is 3. The highest BCUT2D eigenvalue weighted by molar-refractivity contribution is 6.13. The third-order valence-electron chi connectivity index (χ3n) is 9.67. The Kier molecular flexibility index (Phi) is 6.04. The number of nitrogens with one attached hydrogen (secondary N) is 1. The van der Waals surface area contributed by atoms with Gasteiger partial charge in [0.15, 0.2) is 11.6 Å². The van der Waals surface area contributed by atoms with Crippen molar-refractivity contribution in [3.05, 3.63) is 107 Å². The number of fused-ring (bicyclic) bond motifs is 4. The van der Waals surface area contributed by atoms with Crippen LogP contribution in [0.1, 0.15) is 35.4 Å². The zero-order valence-corrected chi connectivity index (χ0v) is 23.1. The molecule has 2 heterocycles. The van der Waals surface area contributed by atoms with E-state index in [1.807, 2.05) is 19.1 Å². The van der Waals surface area contributed by atoms with Gasteiger partial charge in [0, 0.05) is 5.92 Å². The first-order chi connectivity index (χ1) is 20.6. The van der Waals surface area contributed by atoms with Crippen molar-refractivity contribution in [2.75, 3.05) is 5.43 Å². The number of phenols is 1. The first kappa shape index (κ1) is 27.0. The minimum Gasteiger partial charge on any atom is -0.505 e. The lowest BCUT2D eigenvalue weighted by atomic mass is 9.49. The van der Waals surface area contributed by atoms with Crippen molar-refractivity contribution >= 4 is 29.3 Å². The SMILES string of the molecule is Cc1ccc(NN2C(=O)C3CC4C(=CCC5C(=O)N(O)C(=O)C54)C(c4ccc(O)c(F)c4)C3(c3ccccc3)C2=O)cc1. The highest BCUT2D eigenvalue weighted by Gasteiger charge is 2.70. The van der Waals surface area contributed by atoms with Gasteiger partial charge in [0.05, 0.1) is 28.9 Å². The molecule has 3 N–H and O–H groups in total. The number of anilines is 1. The Hall–Kier alpha value is -4.83. The van der Waals surface area contributed by atoms with E-state index in [9.17, 15) is 33.9 Å². The Morgan fingerprint density at radius 1 is 0.907 bits per heavy atom. The zero-order valence-electron chi connectivity index (χ0n) is 23.1. The predicted molar refractivity (Wildman–Crippen MR) is 150 cm³/mol. The summed E-state index contributed by atoms with van der Waals surface area (Å²) in [6.45, 7) is 1.92. The molecule has 4 aliphatic rings. The molecule has 3 fully saturated rings. The van der Waals surface area contributed by atoms with E-state index in [2.05, 4.69) is 5.43 Å². The minimum absolute atomic E-state index is 0.0580.